The summed E-state index contributed by atoms with van der Waals surface area (Å²) in [6, 6.07) is 0. The smallest absolute Gasteiger partial charge is 0.462 e. The van der Waals surface area contributed by atoms with Gasteiger partial charge in [0, 0.05) is 12.8 Å². The highest BCUT2D eigenvalue weighted by molar-refractivity contribution is 7.47. The van der Waals surface area contributed by atoms with Gasteiger partial charge in [-0.1, -0.05) is 133 Å². The van der Waals surface area contributed by atoms with Gasteiger partial charge in [-0.2, -0.15) is 0 Å². The largest absolute Gasteiger partial charge is 0.472 e. The van der Waals surface area contributed by atoms with E-state index in [9.17, 15) is 24.2 Å². The highest BCUT2D eigenvalue weighted by Crippen LogP contribution is 2.43. The zero-order valence-corrected chi connectivity index (χ0v) is 33.4. The standard InChI is InChI=1S/C41H73O10P/c1-3-5-7-9-11-13-15-17-19-21-22-24-26-28-30-32-40(44)48-36-39(37-50-52(46,47)49-35-38(43)34-42)51-41(45)33-31-29-27-25-23-20-18-16-14-12-10-8-6-4-2/h10,12-13,15-19,38-39,42-43H,3-9,11,14,20-37H2,1-2H3,(H,46,47)/b12-10+,15-13+,18-16+,19-17+/t38-,39+/m0/s1. The van der Waals surface area contributed by atoms with Crippen molar-refractivity contribution in [2.24, 2.45) is 0 Å². The summed E-state index contributed by atoms with van der Waals surface area (Å²) >= 11 is 0. The molecule has 52 heavy (non-hydrogen) atoms. The van der Waals surface area contributed by atoms with Crippen molar-refractivity contribution in [2.75, 3.05) is 26.4 Å². The van der Waals surface area contributed by atoms with Crippen molar-refractivity contribution in [1.29, 1.82) is 0 Å². The van der Waals surface area contributed by atoms with Gasteiger partial charge in [0.05, 0.1) is 19.8 Å². The molecule has 0 aromatic carbocycles. The van der Waals surface area contributed by atoms with E-state index in [-0.39, 0.29) is 19.4 Å². The van der Waals surface area contributed by atoms with E-state index in [1.165, 1.54) is 38.5 Å². The van der Waals surface area contributed by atoms with Crippen molar-refractivity contribution in [2.45, 2.75) is 174 Å². The van der Waals surface area contributed by atoms with Crippen LogP contribution in [-0.4, -0.2) is 65.7 Å². The molecule has 0 rings (SSSR count). The summed E-state index contributed by atoms with van der Waals surface area (Å²) in [6.07, 6.45) is 37.9. The fraction of sp³-hybridized carbons (Fsp3) is 0.756. The number of carbonyl (C=O) groups is 2. The van der Waals surface area contributed by atoms with E-state index >= 15 is 0 Å². The zero-order chi connectivity index (χ0) is 38.4. The number of phosphoric acid groups is 1. The molecule has 0 aliphatic rings. The van der Waals surface area contributed by atoms with E-state index in [0.29, 0.717) is 12.8 Å². The average Bonchev–Trinajstić information content (AvgIpc) is 3.13. The summed E-state index contributed by atoms with van der Waals surface area (Å²) in [6.45, 7) is 2.27. The molecule has 0 heterocycles. The summed E-state index contributed by atoms with van der Waals surface area (Å²) in [5.74, 6) is -0.963. The molecule has 0 aliphatic heterocycles. The molecule has 10 nitrogen and oxygen atoms in total. The van der Waals surface area contributed by atoms with Crippen LogP contribution in [0.1, 0.15) is 162 Å². The molecule has 0 radical (unpaired) electrons. The lowest BCUT2D eigenvalue weighted by Gasteiger charge is -2.20. The van der Waals surface area contributed by atoms with Crippen LogP contribution in [-0.2, 0) is 32.7 Å². The molecule has 3 N–H and O–H groups in total. The van der Waals surface area contributed by atoms with E-state index in [2.05, 4.69) is 67.0 Å². The Bertz CT molecular complexity index is 1010. The second-order valence-electron chi connectivity index (χ2n) is 13.3. The molecule has 0 aromatic rings. The Hall–Kier alpha value is -2.07. The van der Waals surface area contributed by atoms with Gasteiger partial charge < -0.3 is 24.6 Å². The van der Waals surface area contributed by atoms with Crippen LogP contribution < -0.4 is 0 Å². The second kappa shape index (κ2) is 37.3. The minimum Gasteiger partial charge on any atom is -0.462 e. The molecule has 11 heteroatoms. The third kappa shape index (κ3) is 36.3. The molecule has 0 aliphatic carbocycles. The normalized spacial score (nSPS) is 14.5. The van der Waals surface area contributed by atoms with Crippen LogP contribution in [0.2, 0.25) is 0 Å². The summed E-state index contributed by atoms with van der Waals surface area (Å²) < 4.78 is 32.6. The maximum absolute atomic E-state index is 12.6. The van der Waals surface area contributed by atoms with Crippen LogP contribution in [0.3, 0.4) is 0 Å². The predicted molar refractivity (Wildman–Crippen MR) is 210 cm³/mol. The molecule has 0 aromatic heterocycles. The first-order valence-electron chi connectivity index (χ1n) is 20.1. The Balaban J connectivity index is 4.40. The van der Waals surface area contributed by atoms with Crippen LogP contribution in [0.4, 0.5) is 0 Å². The molecule has 0 saturated carbocycles. The Morgan fingerprint density at radius 2 is 1.08 bits per heavy atom. The molecule has 3 atom stereocenters. The molecule has 1 unspecified atom stereocenters. The van der Waals surface area contributed by atoms with Crippen molar-refractivity contribution in [3.8, 4) is 0 Å². The lowest BCUT2D eigenvalue weighted by molar-refractivity contribution is -0.161. The number of allylic oxidation sites excluding steroid dienone is 8. The predicted octanol–water partition coefficient (Wildman–Crippen LogP) is 10.2. The number of unbranched alkanes of at least 4 members (excludes halogenated alkanes) is 16. The first-order valence-corrected chi connectivity index (χ1v) is 21.6. The van der Waals surface area contributed by atoms with E-state index in [1.807, 2.05) is 0 Å². The SMILES string of the molecule is CCCC/C=C/C/C=C/CCCCCCCC(=O)O[C@H](COC(=O)CCCCCCC/C=C/C=C/CCCCCC)COP(=O)(O)OC[C@@H](O)CO. The first-order chi connectivity index (χ1) is 25.2. The minimum atomic E-state index is -4.62. The maximum Gasteiger partial charge on any atom is 0.472 e. The quantitative estimate of drug-likeness (QED) is 0.0184. The number of rotatable bonds is 37. The third-order valence-corrected chi connectivity index (χ3v) is 9.18. The monoisotopic (exact) mass is 756 g/mol. The number of hydrogen-bond acceptors (Lipinski definition) is 9. The van der Waals surface area contributed by atoms with Crippen LogP contribution in [0.15, 0.2) is 48.6 Å². The molecule has 0 saturated heterocycles. The van der Waals surface area contributed by atoms with Crippen molar-refractivity contribution in [3.05, 3.63) is 48.6 Å². The topological polar surface area (TPSA) is 149 Å². The first kappa shape index (κ1) is 49.9. The lowest BCUT2D eigenvalue weighted by atomic mass is 10.1. The Morgan fingerprint density at radius 1 is 0.596 bits per heavy atom. The fourth-order valence-electron chi connectivity index (χ4n) is 5.06. The maximum atomic E-state index is 12.6. The van der Waals surface area contributed by atoms with Crippen molar-refractivity contribution in [1.82, 2.24) is 0 Å². The Labute approximate surface area is 315 Å². The number of aliphatic hydroxyl groups is 2. The summed E-state index contributed by atoms with van der Waals surface area (Å²) in [7, 11) is -4.62. The van der Waals surface area contributed by atoms with E-state index in [0.717, 1.165) is 83.5 Å². The minimum absolute atomic E-state index is 0.163. The number of carbonyl (C=O) groups excluding carboxylic acids is 2. The fourth-order valence-corrected chi connectivity index (χ4v) is 5.85. The van der Waals surface area contributed by atoms with Gasteiger partial charge in [0.15, 0.2) is 6.10 Å². The van der Waals surface area contributed by atoms with E-state index < -0.39 is 51.8 Å². The summed E-state index contributed by atoms with van der Waals surface area (Å²) in [5.41, 5.74) is 0. The number of aliphatic hydroxyl groups excluding tert-OH is 2. The van der Waals surface area contributed by atoms with Crippen molar-refractivity contribution < 1.29 is 47.8 Å². The van der Waals surface area contributed by atoms with E-state index in [1.54, 1.807) is 0 Å². The highest BCUT2D eigenvalue weighted by atomic mass is 31.2. The number of phosphoric ester groups is 1. The summed E-state index contributed by atoms with van der Waals surface area (Å²) in [4.78, 5) is 34.9. The summed E-state index contributed by atoms with van der Waals surface area (Å²) in [5, 5.41) is 18.3. The van der Waals surface area contributed by atoms with Gasteiger partial charge in [-0.25, -0.2) is 4.57 Å². The van der Waals surface area contributed by atoms with Crippen molar-refractivity contribution in [3.63, 3.8) is 0 Å². The van der Waals surface area contributed by atoms with Gasteiger partial charge in [-0.3, -0.25) is 18.6 Å². The third-order valence-electron chi connectivity index (χ3n) is 8.23. The van der Waals surface area contributed by atoms with Crippen molar-refractivity contribution >= 4 is 19.8 Å². The van der Waals surface area contributed by atoms with Gasteiger partial charge in [-0.15, -0.1) is 0 Å². The highest BCUT2D eigenvalue weighted by Gasteiger charge is 2.27. The molecular formula is C41H73O10P. The Morgan fingerprint density at radius 3 is 1.65 bits per heavy atom. The number of hydrogen-bond donors (Lipinski definition) is 3. The van der Waals surface area contributed by atoms with Gasteiger partial charge in [0.1, 0.15) is 12.7 Å². The molecule has 302 valence electrons. The Kier molecular flexibility index (Phi) is 35.8. The van der Waals surface area contributed by atoms with Crippen LogP contribution in [0.5, 0.6) is 0 Å². The molecule has 0 fully saturated rings. The van der Waals surface area contributed by atoms with Gasteiger partial charge >= 0.3 is 19.8 Å². The van der Waals surface area contributed by atoms with Crippen LogP contribution in [0.25, 0.3) is 0 Å². The lowest BCUT2D eigenvalue weighted by Crippen LogP contribution is -2.29. The van der Waals surface area contributed by atoms with E-state index in [4.69, 9.17) is 19.1 Å². The van der Waals surface area contributed by atoms with Crippen LogP contribution in [0, 0.1) is 0 Å². The zero-order valence-electron chi connectivity index (χ0n) is 32.5. The molecule has 0 spiro atoms. The number of ether oxygens (including phenoxy) is 2. The second-order valence-corrected chi connectivity index (χ2v) is 14.8. The molecule has 0 bridgehead atoms. The van der Waals surface area contributed by atoms with Gasteiger partial charge in [0.2, 0.25) is 0 Å². The molecular weight excluding hydrogens is 683 g/mol. The molecule has 0 amide bonds. The number of esters is 2. The van der Waals surface area contributed by atoms with Gasteiger partial charge in [-0.05, 0) is 64.2 Å². The van der Waals surface area contributed by atoms with Crippen LogP contribution >= 0.6 is 7.82 Å². The average molecular weight is 757 g/mol. The van der Waals surface area contributed by atoms with Gasteiger partial charge in [0.25, 0.3) is 0 Å².